The van der Waals surface area contributed by atoms with Gasteiger partial charge in [-0.25, -0.2) is 18.0 Å². The Kier molecular flexibility index (Phi) is 8.39. The molecule has 29 heavy (non-hydrogen) atoms. The minimum atomic E-state index is -4.15. The average Bonchev–Trinajstić information content (AvgIpc) is 2.74. The van der Waals surface area contributed by atoms with E-state index in [4.69, 9.17) is 9.47 Å². The monoisotopic (exact) mass is 418 g/mol. The highest BCUT2D eigenvalue weighted by atomic mass is 32.2. The summed E-state index contributed by atoms with van der Waals surface area (Å²) in [6.45, 7) is 4.35. The number of benzene rings is 2. The maximum atomic E-state index is 13.3. The summed E-state index contributed by atoms with van der Waals surface area (Å²) < 4.78 is 37.0. The molecule has 2 rings (SSSR count). The Bertz CT molecular complexity index is 878. The summed E-state index contributed by atoms with van der Waals surface area (Å²) in [5.41, 5.74) is -0.115. The van der Waals surface area contributed by atoms with Crippen molar-refractivity contribution in [1.29, 1.82) is 0 Å². The molecule has 156 valence electrons. The molecular formula is C22H26O6S. The topological polar surface area (TPSA) is 86.7 Å². The van der Waals surface area contributed by atoms with Gasteiger partial charge in [-0.15, -0.1) is 0 Å². The minimum absolute atomic E-state index is 0.0576. The standard InChI is InChI=1S/C22H26O6S/c1-3-5-15-27-21(23)17-11-7-9-13-19(17)29(25,26)20-14-10-8-12-18(20)22(24)28-16-6-4-2/h7-14H,3-6,15-16H2,1-2H3. The summed E-state index contributed by atoms with van der Waals surface area (Å²) >= 11 is 0. The molecule has 0 heterocycles. The Morgan fingerprint density at radius 2 is 1.10 bits per heavy atom. The van der Waals surface area contributed by atoms with Crippen LogP contribution in [0.1, 0.15) is 60.2 Å². The third kappa shape index (κ3) is 5.67. The lowest BCUT2D eigenvalue weighted by Crippen LogP contribution is -2.16. The normalized spacial score (nSPS) is 11.1. The highest BCUT2D eigenvalue weighted by molar-refractivity contribution is 7.91. The van der Waals surface area contributed by atoms with E-state index in [1.807, 2.05) is 13.8 Å². The molecule has 0 aliphatic carbocycles. The van der Waals surface area contributed by atoms with Crippen molar-refractivity contribution in [3.05, 3.63) is 59.7 Å². The second kappa shape index (κ2) is 10.8. The van der Waals surface area contributed by atoms with Gasteiger partial charge in [0.05, 0.1) is 34.1 Å². The predicted molar refractivity (Wildman–Crippen MR) is 109 cm³/mol. The van der Waals surface area contributed by atoms with Gasteiger partial charge in [0, 0.05) is 0 Å². The summed E-state index contributed by atoms with van der Waals surface area (Å²) in [6, 6.07) is 11.7. The fourth-order valence-corrected chi connectivity index (χ4v) is 4.27. The van der Waals surface area contributed by atoms with E-state index >= 15 is 0 Å². The second-order valence-corrected chi connectivity index (χ2v) is 8.36. The van der Waals surface area contributed by atoms with E-state index in [0.717, 1.165) is 12.8 Å². The van der Waals surface area contributed by atoms with Crippen molar-refractivity contribution in [3.63, 3.8) is 0 Å². The van der Waals surface area contributed by atoms with Crippen molar-refractivity contribution in [2.45, 2.75) is 49.3 Å². The Morgan fingerprint density at radius 1 is 0.724 bits per heavy atom. The van der Waals surface area contributed by atoms with E-state index in [0.29, 0.717) is 12.8 Å². The molecule has 0 saturated heterocycles. The molecule has 0 bridgehead atoms. The summed E-state index contributed by atoms with van der Waals surface area (Å²) in [4.78, 5) is 24.5. The highest BCUT2D eigenvalue weighted by Gasteiger charge is 2.29. The molecule has 2 aromatic carbocycles. The van der Waals surface area contributed by atoms with Crippen molar-refractivity contribution in [2.24, 2.45) is 0 Å². The van der Waals surface area contributed by atoms with Crippen LogP contribution in [0.4, 0.5) is 0 Å². The minimum Gasteiger partial charge on any atom is -0.462 e. The van der Waals surface area contributed by atoms with Crippen LogP contribution in [0.2, 0.25) is 0 Å². The molecule has 0 atom stereocenters. The number of carbonyl (C=O) groups is 2. The van der Waals surface area contributed by atoms with Crippen LogP contribution in [-0.2, 0) is 19.3 Å². The molecule has 0 saturated carbocycles. The first-order valence-corrected chi connectivity index (χ1v) is 11.2. The van der Waals surface area contributed by atoms with Gasteiger partial charge in [-0.1, -0.05) is 51.0 Å². The number of carbonyl (C=O) groups excluding carboxylic acids is 2. The van der Waals surface area contributed by atoms with Gasteiger partial charge < -0.3 is 9.47 Å². The Morgan fingerprint density at radius 3 is 1.48 bits per heavy atom. The van der Waals surface area contributed by atoms with E-state index in [2.05, 4.69) is 0 Å². The zero-order valence-corrected chi connectivity index (χ0v) is 17.5. The van der Waals surface area contributed by atoms with Crippen molar-refractivity contribution in [3.8, 4) is 0 Å². The SMILES string of the molecule is CCCCOC(=O)c1ccccc1S(=O)(=O)c1ccccc1C(=O)OCCCC. The zero-order chi connectivity index (χ0) is 21.3. The lowest BCUT2D eigenvalue weighted by Gasteiger charge is -2.13. The number of esters is 2. The molecule has 0 aliphatic heterocycles. The number of ether oxygens (including phenoxy) is 2. The molecule has 0 aromatic heterocycles. The first kappa shape index (κ1) is 22.6. The smallest absolute Gasteiger partial charge is 0.339 e. The van der Waals surface area contributed by atoms with Crippen molar-refractivity contribution in [2.75, 3.05) is 13.2 Å². The molecule has 0 unspecified atom stereocenters. The summed E-state index contributed by atoms with van der Waals surface area (Å²) in [7, 11) is -4.15. The third-order valence-electron chi connectivity index (χ3n) is 4.26. The van der Waals surface area contributed by atoms with Crippen LogP contribution in [-0.4, -0.2) is 33.6 Å². The number of rotatable bonds is 10. The second-order valence-electron chi connectivity index (χ2n) is 6.47. The molecule has 0 N–H and O–H groups in total. The first-order chi connectivity index (χ1) is 13.9. The largest absolute Gasteiger partial charge is 0.462 e. The van der Waals surface area contributed by atoms with Gasteiger partial charge in [-0.05, 0) is 37.1 Å². The van der Waals surface area contributed by atoms with Crippen LogP contribution in [0.25, 0.3) is 0 Å². The van der Waals surface area contributed by atoms with Gasteiger partial charge in [-0.2, -0.15) is 0 Å². The Labute approximate surface area is 171 Å². The summed E-state index contributed by atoms with van der Waals surface area (Å²) in [5.74, 6) is -1.42. The maximum absolute atomic E-state index is 13.3. The fourth-order valence-electron chi connectivity index (χ4n) is 2.63. The van der Waals surface area contributed by atoms with Crippen LogP contribution in [0, 0.1) is 0 Å². The van der Waals surface area contributed by atoms with Crippen LogP contribution < -0.4 is 0 Å². The quantitative estimate of drug-likeness (QED) is 0.419. The molecule has 0 spiro atoms. The van der Waals surface area contributed by atoms with E-state index in [1.54, 1.807) is 12.1 Å². The molecule has 6 nitrogen and oxygen atoms in total. The van der Waals surface area contributed by atoms with Crippen LogP contribution >= 0.6 is 0 Å². The predicted octanol–water partition coefficient (Wildman–Crippen LogP) is 4.43. The Balaban J connectivity index is 2.42. The summed E-state index contributed by atoms with van der Waals surface area (Å²) in [6.07, 6.45) is 3.07. The van der Waals surface area contributed by atoms with Gasteiger partial charge in [0.2, 0.25) is 9.84 Å². The van der Waals surface area contributed by atoms with Crippen LogP contribution in [0.15, 0.2) is 58.3 Å². The third-order valence-corrected chi connectivity index (χ3v) is 6.13. The maximum Gasteiger partial charge on any atom is 0.339 e. The van der Waals surface area contributed by atoms with Crippen LogP contribution in [0.5, 0.6) is 0 Å². The fraction of sp³-hybridized carbons (Fsp3) is 0.364. The summed E-state index contributed by atoms with van der Waals surface area (Å²) in [5, 5.41) is 0. The number of hydrogen-bond acceptors (Lipinski definition) is 6. The van der Waals surface area contributed by atoms with E-state index in [-0.39, 0.29) is 34.1 Å². The molecule has 2 aromatic rings. The molecule has 0 aliphatic rings. The lowest BCUT2D eigenvalue weighted by molar-refractivity contribution is 0.0487. The van der Waals surface area contributed by atoms with E-state index < -0.39 is 21.8 Å². The Hall–Kier alpha value is -2.67. The van der Waals surface area contributed by atoms with Gasteiger partial charge in [-0.3, -0.25) is 0 Å². The van der Waals surface area contributed by atoms with Gasteiger partial charge >= 0.3 is 11.9 Å². The lowest BCUT2D eigenvalue weighted by atomic mass is 10.2. The first-order valence-electron chi connectivity index (χ1n) is 9.70. The van der Waals surface area contributed by atoms with Gasteiger partial charge in [0.1, 0.15) is 0 Å². The number of unbranched alkanes of at least 4 members (excludes halogenated alkanes) is 2. The molecular weight excluding hydrogens is 392 g/mol. The van der Waals surface area contributed by atoms with Gasteiger partial charge in [0.15, 0.2) is 0 Å². The number of hydrogen-bond donors (Lipinski definition) is 0. The number of sulfone groups is 1. The van der Waals surface area contributed by atoms with Crippen molar-refractivity contribution < 1.29 is 27.5 Å². The molecule has 0 radical (unpaired) electrons. The van der Waals surface area contributed by atoms with E-state index in [1.165, 1.54) is 36.4 Å². The van der Waals surface area contributed by atoms with Crippen molar-refractivity contribution >= 4 is 21.8 Å². The zero-order valence-electron chi connectivity index (χ0n) is 16.7. The highest BCUT2D eigenvalue weighted by Crippen LogP contribution is 2.28. The molecule has 0 amide bonds. The van der Waals surface area contributed by atoms with Crippen LogP contribution in [0.3, 0.4) is 0 Å². The van der Waals surface area contributed by atoms with E-state index in [9.17, 15) is 18.0 Å². The average molecular weight is 419 g/mol. The molecule has 7 heteroatoms. The van der Waals surface area contributed by atoms with Crippen molar-refractivity contribution in [1.82, 2.24) is 0 Å². The van der Waals surface area contributed by atoms with Gasteiger partial charge in [0.25, 0.3) is 0 Å². The molecule has 0 fully saturated rings.